The van der Waals surface area contributed by atoms with Crippen molar-refractivity contribution >= 4 is 35.0 Å². The predicted molar refractivity (Wildman–Crippen MR) is 83.2 cm³/mol. The number of hydrogen-bond donors (Lipinski definition) is 0. The summed E-state index contributed by atoms with van der Waals surface area (Å²) in [6.45, 7) is 2.34. The van der Waals surface area contributed by atoms with E-state index < -0.39 is 0 Å². The van der Waals surface area contributed by atoms with Gasteiger partial charge in [-0.25, -0.2) is 0 Å². The summed E-state index contributed by atoms with van der Waals surface area (Å²) in [5, 5.41) is 0. The Morgan fingerprint density at radius 1 is 1.25 bits per heavy atom. The Bertz CT molecular complexity index is 602. The van der Waals surface area contributed by atoms with Crippen molar-refractivity contribution in [3.63, 3.8) is 0 Å². The number of carbonyl (C=O) groups is 2. The van der Waals surface area contributed by atoms with Gasteiger partial charge >= 0.3 is 0 Å². The van der Waals surface area contributed by atoms with Crippen molar-refractivity contribution in [2.75, 3.05) is 6.54 Å². The minimum atomic E-state index is -0.300. The lowest BCUT2D eigenvalue weighted by atomic mass is 10.0. The van der Waals surface area contributed by atoms with Crippen LogP contribution in [-0.2, 0) is 9.59 Å². The fourth-order valence-corrected chi connectivity index (χ4v) is 2.35. The van der Waals surface area contributed by atoms with Crippen LogP contribution in [0.25, 0.3) is 6.08 Å². The van der Waals surface area contributed by atoms with Crippen molar-refractivity contribution < 1.29 is 9.59 Å². The quantitative estimate of drug-likeness (QED) is 0.487. The third-order valence-electron chi connectivity index (χ3n) is 3.06. The molecule has 1 heterocycles. The molecule has 1 aromatic carbocycles. The molecule has 1 aliphatic heterocycles. The van der Waals surface area contributed by atoms with Crippen molar-refractivity contribution in [1.82, 2.24) is 4.90 Å². The molecule has 3 nitrogen and oxygen atoms in total. The molecule has 1 aromatic rings. The summed E-state index contributed by atoms with van der Waals surface area (Å²) in [7, 11) is 0. The summed E-state index contributed by atoms with van der Waals surface area (Å²) in [6, 6.07) is 9.70. The molecule has 0 radical (unpaired) electrons. The van der Waals surface area contributed by atoms with Crippen LogP contribution in [0.15, 0.2) is 48.1 Å². The number of benzene rings is 1. The SMILES string of the molecule is CCN1C(=O)/C(=C/C=C/c2ccccc2)C(=O)CC1=S. The Labute approximate surface area is 123 Å². The summed E-state index contributed by atoms with van der Waals surface area (Å²) in [5.41, 5.74) is 1.22. The second-order valence-electron chi connectivity index (χ2n) is 4.39. The zero-order valence-electron chi connectivity index (χ0n) is 11.2. The van der Waals surface area contributed by atoms with Gasteiger partial charge < -0.3 is 4.90 Å². The highest BCUT2D eigenvalue weighted by atomic mass is 32.1. The number of thiocarbonyl (C=S) groups is 1. The minimum absolute atomic E-state index is 0.139. The second kappa shape index (κ2) is 6.39. The summed E-state index contributed by atoms with van der Waals surface area (Å²) in [5.74, 6) is -0.506. The Balaban J connectivity index is 2.20. The molecule has 0 atom stereocenters. The van der Waals surface area contributed by atoms with Gasteiger partial charge in [0, 0.05) is 6.54 Å². The molecule has 1 amide bonds. The number of hydrogen-bond acceptors (Lipinski definition) is 3. The predicted octanol–water partition coefficient (Wildman–Crippen LogP) is 2.77. The van der Waals surface area contributed by atoms with E-state index in [-0.39, 0.29) is 23.7 Å². The van der Waals surface area contributed by atoms with E-state index in [2.05, 4.69) is 0 Å². The molecule has 102 valence electrons. The highest BCUT2D eigenvalue weighted by Crippen LogP contribution is 2.16. The maximum Gasteiger partial charge on any atom is 0.262 e. The van der Waals surface area contributed by atoms with E-state index in [1.54, 1.807) is 12.2 Å². The number of allylic oxidation sites excluding steroid dienone is 2. The molecule has 1 saturated heterocycles. The first-order chi connectivity index (χ1) is 9.63. The largest absolute Gasteiger partial charge is 0.302 e. The molecule has 0 N–H and O–H groups in total. The summed E-state index contributed by atoms with van der Waals surface area (Å²) in [4.78, 5) is 25.9. The first-order valence-electron chi connectivity index (χ1n) is 6.44. The first-order valence-corrected chi connectivity index (χ1v) is 6.85. The molecule has 2 rings (SSSR count). The number of piperidine rings is 1. The van der Waals surface area contributed by atoms with Gasteiger partial charge in [0.05, 0.1) is 17.0 Å². The number of likely N-dealkylation sites (tertiary alicyclic amines) is 1. The van der Waals surface area contributed by atoms with Gasteiger partial charge in [0.2, 0.25) is 0 Å². The highest BCUT2D eigenvalue weighted by Gasteiger charge is 2.31. The number of Topliss-reactive ketones (excluding diaryl/α,β-unsaturated/α-hetero) is 1. The van der Waals surface area contributed by atoms with Crippen molar-refractivity contribution in [2.24, 2.45) is 0 Å². The average Bonchev–Trinajstić information content (AvgIpc) is 2.44. The molecule has 0 aromatic heterocycles. The van der Waals surface area contributed by atoms with E-state index in [0.29, 0.717) is 11.5 Å². The molecular weight excluding hydrogens is 270 g/mol. The number of carbonyl (C=O) groups excluding carboxylic acids is 2. The van der Waals surface area contributed by atoms with Crippen molar-refractivity contribution in [1.29, 1.82) is 0 Å². The first kappa shape index (κ1) is 14.3. The van der Waals surface area contributed by atoms with Gasteiger partial charge in [-0.15, -0.1) is 0 Å². The van der Waals surface area contributed by atoms with Crippen molar-refractivity contribution in [3.05, 3.63) is 53.6 Å². The Hall–Kier alpha value is -2.07. The molecule has 0 bridgehead atoms. The van der Waals surface area contributed by atoms with E-state index in [1.165, 1.54) is 4.90 Å². The molecule has 0 unspecified atom stereocenters. The summed E-state index contributed by atoms with van der Waals surface area (Å²) in [6.07, 6.45) is 5.29. The van der Waals surface area contributed by atoms with Gasteiger partial charge in [0.25, 0.3) is 5.91 Å². The fourth-order valence-electron chi connectivity index (χ4n) is 2.01. The zero-order valence-corrected chi connectivity index (χ0v) is 12.0. The van der Waals surface area contributed by atoms with Gasteiger partial charge in [0.15, 0.2) is 5.78 Å². The maximum atomic E-state index is 12.1. The third kappa shape index (κ3) is 3.08. The monoisotopic (exact) mass is 285 g/mol. The van der Waals surface area contributed by atoms with E-state index in [0.717, 1.165) is 5.56 Å². The lowest BCUT2D eigenvalue weighted by Gasteiger charge is -2.26. The van der Waals surface area contributed by atoms with Crippen LogP contribution in [0.1, 0.15) is 18.9 Å². The van der Waals surface area contributed by atoms with Gasteiger partial charge in [-0.1, -0.05) is 54.7 Å². The van der Waals surface area contributed by atoms with E-state index in [1.807, 2.05) is 43.3 Å². The lowest BCUT2D eigenvalue weighted by molar-refractivity contribution is -0.127. The van der Waals surface area contributed by atoms with Crippen LogP contribution in [0.2, 0.25) is 0 Å². The van der Waals surface area contributed by atoms with E-state index >= 15 is 0 Å². The van der Waals surface area contributed by atoms with E-state index in [4.69, 9.17) is 12.2 Å². The Morgan fingerprint density at radius 3 is 2.60 bits per heavy atom. The normalized spacial score (nSPS) is 18.4. The minimum Gasteiger partial charge on any atom is -0.302 e. The van der Waals surface area contributed by atoms with Crippen LogP contribution in [0.5, 0.6) is 0 Å². The van der Waals surface area contributed by atoms with Crippen LogP contribution in [0.3, 0.4) is 0 Å². The lowest BCUT2D eigenvalue weighted by Crippen LogP contribution is -2.44. The van der Waals surface area contributed by atoms with Crippen LogP contribution in [0, 0.1) is 0 Å². The maximum absolute atomic E-state index is 12.1. The number of nitrogens with zero attached hydrogens (tertiary/aromatic N) is 1. The third-order valence-corrected chi connectivity index (χ3v) is 3.42. The second-order valence-corrected chi connectivity index (χ2v) is 4.86. The highest BCUT2D eigenvalue weighted by molar-refractivity contribution is 7.80. The number of rotatable bonds is 3. The molecule has 4 heteroatoms. The van der Waals surface area contributed by atoms with Gasteiger partial charge in [-0.05, 0) is 18.6 Å². The van der Waals surface area contributed by atoms with Crippen LogP contribution in [-0.4, -0.2) is 28.1 Å². The summed E-state index contributed by atoms with van der Waals surface area (Å²) >= 11 is 5.06. The molecule has 20 heavy (non-hydrogen) atoms. The average molecular weight is 285 g/mol. The molecule has 0 spiro atoms. The molecule has 0 saturated carbocycles. The van der Waals surface area contributed by atoms with Crippen molar-refractivity contribution in [2.45, 2.75) is 13.3 Å². The van der Waals surface area contributed by atoms with Gasteiger partial charge in [-0.3, -0.25) is 9.59 Å². The molecular formula is C16H15NO2S. The van der Waals surface area contributed by atoms with Crippen LogP contribution >= 0.6 is 12.2 Å². The van der Waals surface area contributed by atoms with E-state index in [9.17, 15) is 9.59 Å². The summed E-state index contributed by atoms with van der Waals surface area (Å²) < 4.78 is 0. The van der Waals surface area contributed by atoms with Gasteiger partial charge in [0.1, 0.15) is 0 Å². The number of amides is 1. The van der Waals surface area contributed by atoms with Crippen molar-refractivity contribution in [3.8, 4) is 0 Å². The Morgan fingerprint density at radius 2 is 1.95 bits per heavy atom. The molecule has 1 aliphatic rings. The number of likely N-dealkylation sites (N-methyl/N-ethyl adjacent to an activating group) is 1. The number of ketones is 1. The zero-order chi connectivity index (χ0) is 14.5. The van der Waals surface area contributed by atoms with Gasteiger partial charge in [-0.2, -0.15) is 0 Å². The van der Waals surface area contributed by atoms with Crippen LogP contribution < -0.4 is 0 Å². The molecule has 1 fully saturated rings. The Kier molecular flexibility index (Phi) is 4.58. The molecule has 0 aliphatic carbocycles. The standard InChI is InChI=1S/C16H15NO2S/c1-2-17-15(20)11-14(18)13(16(17)19)10-6-9-12-7-4-3-5-8-12/h3-10H,2,11H2,1H3/b9-6+,13-10+. The fraction of sp³-hybridized carbons (Fsp3) is 0.188. The van der Waals surface area contributed by atoms with Crippen LogP contribution in [0.4, 0.5) is 0 Å². The smallest absolute Gasteiger partial charge is 0.262 e. The topological polar surface area (TPSA) is 37.4 Å².